The van der Waals surface area contributed by atoms with Crippen molar-refractivity contribution >= 4 is 27.3 Å². The molecule has 10 heteroatoms. The third-order valence-corrected chi connectivity index (χ3v) is 8.80. The van der Waals surface area contributed by atoms with Gasteiger partial charge in [0.15, 0.2) is 0 Å². The van der Waals surface area contributed by atoms with Gasteiger partial charge >= 0.3 is 11.8 Å². The van der Waals surface area contributed by atoms with Crippen LogP contribution < -0.4 is 0 Å². The highest BCUT2D eigenvalue weighted by molar-refractivity contribution is 7.91. The zero-order valence-corrected chi connectivity index (χ0v) is 17.5. The molecule has 0 aliphatic carbocycles. The summed E-state index contributed by atoms with van der Waals surface area (Å²) >= 11 is 1.15. The fraction of sp³-hybridized carbons (Fsp3) is 0.611. The lowest BCUT2D eigenvalue weighted by atomic mass is 10.0. The summed E-state index contributed by atoms with van der Waals surface area (Å²) in [5, 5.41) is 9.50. The average Bonchev–Trinajstić information content (AvgIpc) is 3.48. The quantitative estimate of drug-likeness (QED) is 0.732. The molecule has 8 nitrogen and oxygen atoms in total. The van der Waals surface area contributed by atoms with E-state index in [0.717, 1.165) is 49.9 Å². The predicted molar refractivity (Wildman–Crippen MR) is 105 cm³/mol. The summed E-state index contributed by atoms with van der Waals surface area (Å²) in [5.74, 6) is -0.140. The van der Waals surface area contributed by atoms with Crippen molar-refractivity contribution in [2.45, 2.75) is 55.7 Å². The number of rotatable bonds is 5. The van der Waals surface area contributed by atoms with Crippen LogP contribution in [0.3, 0.4) is 0 Å². The standard InChI is InChI=1S/C18H24N4O4S2/c1-2-14-7-3-4-10-22(14)28(24,25)15-11-13(12-27-15)16-19-20-17(26-16)18(23)21-8-5-6-9-21/h11-12,14H,2-10H2,1H3/t14-/m1/s1. The largest absolute Gasteiger partial charge is 0.412 e. The second-order valence-electron chi connectivity index (χ2n) is 7.24. The summed E-state index contributed by atoms with van der Waals surface area (Å²) in [6.45, 7) is 3.98. The molecule has 2 aliphatic rings. The Balaban J connectivity index is 1.55. The average molecular weight is 425 g/mol. The molecule has 2 saturated heterocycles. The minimum absolute atomic E-state index is 0.0467. The van der Waals surface area contributed by atoms with Crippen molar-refractivity contribution in [2.24, 2.45) is 0 Å². The molecule has 4 rings (SSSR count). The molecule has 0 aromatic carbocycles. The molecule has 1 atom stereocenters. The van der Waals surface area contributed by atoms with Gasteiger partial charge < -0.3 is 9.32 Å². The number of hydrogen-bond acceptors (Lipinski definition) is 7. The van der Waals surface area contributed by atoms with Gasteiger partial charge in [-0.05, 0) is 38.2 Å². The van der Waals surface area contributed by atoms with Crippen molar-refractivity contribution in [1.82, 2.24) is 19.4 Å². The van der Waals surface area contributed by atoms with Crippen LogP contribution in [0.5, 0.6) is 0 Å². The fourth-order valence-corrected chi connectivity index (χ4v) is 6.91. The number of piperidine rings is 1. The maximum absolute atomic E-state index is 13.1. The number of hydrogen-bond donors (Lipinski definition) is 0. The van der Waals surface area contributed by atoms with E-state index in [-0.39, 0.29) is 27.9 Å². The number of carbonyl (C=O) groups excluding carboxylic acids is 1. The van der Waals surface area contributed by atoms with Crippen LogP contribution in [0.15, 0.2) is 20.1 Å². The number of carbonyl (C=O) groups is 1. The third-order valence-electron chi connectivity index (χ3n) is 5.43. The third kappa shape index (κ3) is 3.60. The smallest absolute Gasteiger partial charge is 0.311 e. The molecule has 0 spiro atoms. The number of amides is 1. The van der Waals surface area contributed by atoms with Gasteiger partial charge in [0.25, 0.3) is 10.0 Å². The number of thiophene rings is 1. The maximum atomic E-state index is 13.1. The van der Waals surface area contributed by atoms with Crippen LogP contribution in [0.25, 0.3) is 11.5 Å². The Morgan fingerprint density at radius 1 is 1.21 bits per heavy atom. The molecule has 28 heavy (non-hydrogen) atoms. The van der Waals surface area contributed by atoms with Gasteiger partial charge in [0.2, 0.25) is 5.89 Å². The lowest BCUT2D eigenvalue weighted by Gasteiger charge is -2.33. The Labute approximate surface area is 168 Å². The fourth-order valence-electron chi connectivity index (χ4n) is 3.86. The molecular weight excluding hydrogens is 400 g/mol. The first-order chi connectivity index (χ1) is 13.5. The molecule has 4 heterocycles. The van der Waals surface area contributed by atoms with E-state index in [4.69, 9.17) is 4.42 Å². The van der Waals surface area contributed by atoms with E-state index in [1.807, 2.05) is 6.92 Å². The molecule has 2 aliphatic heterocycles. The number of sulfonamides is 1. The first-order valence-electron chi connectivity index (χ1n) is 9.74. The summed E-state index contributed by atoms with van der Waals surface area (Å²) in [7, 11) is -3.55. The molecular formula is C18H24N4O4S2. The maximum Gasteiger partial charge on any atom is 0.311 e. The van der Waals surface area contributed by atoms with Crippen LogP contribution in [0.2, 0.25) is 0 Å². The molecule has 0 N–H and O–H groups in total. The Morgan fingerprint density at radius 2 is 1.96 bits per heavy atom. The molecule has 0 radical (unpaired) electrons. The van der Waals surface area contributed by atoms with Gasteiger partial charge in [-0.2, -0.15) is 4.31 Å². The summed E-state index contributed by atoms with van der Waals surface area (Å²) in [6.07, 6.45) is 5.62. The van der Waals surface area contributed by atoms with E-state index in [1.165, 1.54) is 0 Å². The normalized spacial score (nSPS) is 21.3. The Hall–Kier alpha value is -1.78. The van der Waals surface area contributed by atoms with E-state index in [0.29, 0.717) is 25.2 Å². The minimum atomic E-state index is -3.55. The summed E-state index contributed by atoms with van der Waals surface area (Å²) < 4.78 is 33.6. The SMILES string of the molecule is CC[C@@H]1CCCCN1S(=O)(=O)c1cc(-c2nnc(C(=O)N3CCCC3)o2)cs1. The van der Waals surface area contributed by atoms with Crippen LogP contribution in [-0.2, 0) is 10.0 Å². The van der Waals surface area contributed by atoms with Crippen molar-refractivity contribution in [3.8, 4) is 11.5 Å². The molecule has 1 amide bonds. The molecule has 152 valence electrons. The van der Waals surface area contributed by atoms with Gasteiger partial charge in [0.05, 0.1) is 5.56 Å². The minimum Gasteiger partial charge on any atom is -0.412 e. The van der Waals surface area contributed by atoms with E-state index < -0.39 is 10.0 Å². The first kappa shape index (κ1) is 19.5. The highest BCUT2D eigenvalue weighted by Gasteiger charge is 2.34. The van der Waals surface area contributed by atoms with Crippen LogP contribution in [0, 0.1) is 0 Å². The number of aromatic nitrogens is 2. The van der Waals surface area contributed by atoms with E-state index in [1.54, 1.807) is 20.7 Å². The molecule has 0 saturated carbocycles. The lowest BCUT2D eigenvalue weighted by Crippen LogP contribution is -2.42. The van der Waals surface area contributed by atoms with Crippen molar-refractivity contribution in [3.05, 3.63) is 17.3 Å². The molecule has 2 aromatic heterocycles. The number of likely N-dealkylation sites (tertiary alicyclic amines) is 1. The Kier molecular flexibility index (Phi) is 5.52. The highest BCUT2D eigenvalue weighted by atomic mass is 32.2. The monoisotopic (exact) mass is 424 g/mol. The van der Waals surface area contributed by atoms with Crippen molar-refractivity contribution in [1.29, 1.82) is 0 Å². The van der Waals surface area contributed by atoms with Gasteiger partial charge in [-0.25, -0.2) is 8.42 Å². The molecule has 0 unspecified atom stereocenters. The van der Waals surface area contributed by atoms with Gasteiger partial charge in [-0.1, -0.05) is 13.3 Å². The van der Waals surface area contributed by atoms with Gasteiger partial charge in [-0.15, -0.1) is 21.5 Å². The van der Waals surface area contributed by atoms with Crippen LogP contribution in [-0.4, -0.2) is 59.4 Å². The molecule has 2 aromatic rings. The zero-order valence-electron chi connectivity index (χ0n) is 15.8. The topological polar surface area (TPSA) is 96.6 Å². The van der Waals surface area contributed by atoms with Crippen molar-refractivity contribution < 1.29 is 17.6 Å². The zero-order chi connectivity index (χ0) is 19.7. The van der Waals surface area contributed by atoms with Crippen LogP contribution in [0.1, 0.15) is 56.1 Å². The second kappa shape index (κ2) is 7.92. The van der Waals surface area contributed by atoms with Crippen molar-refractivity contribution in [3.63, 3.8) is 0 Å². The molecule has 0 bridgehead atoms. The summed E-state index contributed by atoms with van der Waals surface area (Å²) in [6, 6.07) is 1.62. The second-order valence-corrected chi connectivity index (χ2v) is 10.3. The number of nitrogens with zero attached hydrogens (tertiary/aromatic N) is 4. The van der Waals surface area contributed by atoms with E-state index >= 15 is 0 Å². The Morgan fingerprint density at radius 3 is 2.71 bits per heavy atom. The molecule has 2 fully saturated rings. The summed E-state index contributed by atoms with van der Waals surface area (Å²) in [5.41, 5.74) is 0.529. The summed E-state index contributed by atoms with van der Waals surface area (Å²) in [4.78, 5) is 14.1. The van der Waals surface area contributed by atoms with Gasteiger partial charge in [0.1, 0.15) is 4.21 Å². The Bertz CT molecular complexity index is 946. The van der Waals surface area contributed by atoms with Crippen LogP contribution in [0.4, 0.5) is 0 Å². The predicted octanol–water partition coefficient (Wildman–Crippen LogP) is 2.99. The highest BCUT2D eigenvalue weighted by Crippen LogP contribution is 2.33. The first-order valence-corrected chi connectivity index (χ1v) is 12.1. The van der Waals surface area contributed by atoms with Gasteiger partial charge in [-0.3, -0.25) is 4.79 Å². The van der Waals surface area contributed by atoms with E-state index in [2.05, 4.69) is 10.2 Å². The van der Waals surface area contributed by atoms with Crippen molar-refractivity contribution in [2.75, 3.05) is 19.6 Å². The van der Waals surface area contributed by atoms with Gasteiger partial charge in [0, 0.05) is 31.1 Å². The van der Waals surface area contributed by atoms with E-state index in [9.17, 15) is 13.2 Å². The lowest BCUT2D eigenvalue weighted by molar-refractivity contribution is 0.0754. The van der Waals surface area contributed by atoms with Crippen LogP contribution >= 0.6 is 11.3 Å².